The van der Waals surface area contributed by atoms with Gasteiger partial charge in [-0.15, -0.1) is 12.4 Å². The van der Waals surface area contributed by atoms with Crippen LogP contribution in [0.2, 0.25) is 0 Å². The zero-order chi connectivity index (χ0) is 9.97. The van der Waals surface area contributed by atoms with Crippen molar-refractivity contribution in [3.63, 3.8) is 0 Å². The molecule has 1 aromatic rings. The molecule has 0 radical (unpaired) electrons. The topological polar surface area (TPSA) is 77.0 Å². The van der Waals surface area contributed by atoms with Crippen LogP contribution in [0.15, 0.2) is 4.52 Å². The van der Waals surface area contributed by atoms with Crippen LogP contribution in [0.1, 0.15) is 50.0 Å². The van der Waals surface area contributed by atoms with Crippen molar-refractivity contribution in [1.82, 2.24) is 15.5 Å². The van der Waals surface area contributed by atoms with E-state index in [4.69, 9.17) is 10.3 Å². The van der Waals surface area contributed by atoms with Gasteiger partial charge in [0.15, 0.2) is 5.82 Å². The zero-order valence-electron chi connectivity index (χ0n) is 8.77. The van der Waals surface area contributed by atoms with Crippen molar-refractivity contribution < 1.29 is 4.52 Å². The molecule has 1 aliphatic heterocycles. The van der Waals surface area contributed by atoms with E-state index in [-0.39, 0.29) is 24.5 Å². The molecular formula is C9H17ClN4O. The predicted molar refractivity (Wildman–Crippen MR) is 58.7 cm³/mol. The number of halogens is 1. The molecule has 86 valence electrons. The Hall–Kier alpha value is -0.650. The maximum absolute atomic E-state index is 5.65. The fourth-order valence-electron chi connectivity index (χ4n) is 1.64. The van der Waals surface area contributed by atoms with Crippen LogP contribution < -0.4 is 11.1 Å². The molecule has 0 spiro atoms. The van der Waals surface area contributed by atoms with E-state index in [0.717, 1.165) is 13.0 Å². The molecule has 0 bridgehead atoms. The lowest BCUT2D eigenvalue weighted by Gasteiger charge is -2.19. The van der Waals surface area contributed by atoms with Gasteiger partial charge in [-0.1, -0.05) is 11.6 Å². The maximum atomic E-state index is 5.65. The average Bonchev–Trinajstić information content (AvgIpc) is 2.68. The Morgan fingerprint density at radius 3 is 2.87 bits per heavy atom. The molecular weight excluding hydrogens is 216 g/mol. The highest BCUT2D eigenvalue weighted by atomic mass is 35.5. The summed E-state index contributed by atoms with van der Waals surface area (Å²) in [6.45, 7) is 2.88. The Bertz CT molecular complexity index is 296. The minimum absolute atomic E-state index is 0. The van der Waals surface area contributed by atoms with Crippen molar-refractivity contribution in [2.75, 3.05) is 6.54 Å². The zero-order valence-corrected chi connectivity index (χ0v) is 9.59. The van der Waals surface area contributed by atoms with Gasteiger partial charge in [0.2, 0.25) is 5.89 Å². The largest absolute Gasteiger partial charge is 0.338 e. The molecule has 2 unspecified atom stereocenters. The molecule has 15 heavy (non-hydrogen) atoms. The predicted octanol–water partition coefficient (Wildman–Crippen LogP) is 1.33. The molecule has 3 N–H and O–H groups in total. The first-order valence-electron chi connectivity index (χ1n) is 5.10. The highest BCUT2D eigenvalue weighted by Gasteiger charge is 2.21. The molecule has 0 aliphatic carbocycles. The third-order valence-corrected chi connectivity index (χ3v) is 2.47. The lowest BCUT2D eigenvalue weighted by Crippen LogP contribution is -2.27. The molecule has 2 atom stereocenters. The SMILES string of the molecule is CC(N)c1noc(C2CCCCN2)n1.Cl. The molecule has 5 nitrogen and oxygen atoms in total. The highest BCUT2D eigenvalue weighted by Crippen LogP contribution is 2.21. The molecule has 1 fully saturated rings. The van der Waals surface area contributed by atoms with E-state index in [1.165, 1.54) is 12.8 Å². The Morgan fingerprint density at radius 2 is 2.33 bits per heavy atom. The van der Waals surface area contributed by atoms with Gasteiger partial charge < -0.3 is 15.6 Å². The molecule has 2 heterocycles. The van der Waals surface area contributed by atoms with Crippen molar-refractivity contribution in [3.8, 4) is 0 Å². The van der Waals surface area contributed by atoms with Crippen LogP contribution in [0.25, 0.3) is 0 Å². The van der Waals surface area contributed by atoms with E-state index in [9.17, 15) is 0 Å². The monoisotopic (exact) mass is 232 g/mol. The van der Waals surface area contributed by atoms with Gasteiger partial charge in [-0.2, -0.15) is 4.98 Å². The summed E-state index contributed by atoms with van der Waals surface area (Å²) in [4.78, 5) is 4.27. The van der Waals surface area contributed by atoms with Gasteiger partial charge in [-0.05, 0) is 26.3 Å². The van der Waals surface area contributed by atoms with E-state index < -0.39 is 0 Å². The minimum Gasteiger partial charge on any atom is -0.338 e. The molecule has 0 saturated carbocycles. The van der Waals surface area contributed by atoms with E-state index in [2.05, 4.69) is 15.5 Å². The lowest BCUT2D eigenvalue weighted by atomic mass is 10.1. The standard InChI is InChI=1S/C9H16N4O.ClH/c1-6(10)8-12-9(14-13-8)7-4-2-3-5-11-7;/h6-7,11H,2-5,10H2,1H3;1H. The molecule has 1 aliphatic rings. The summed E-state index contributed by atoms with van der Waals surface area (Å²) in [5, 5.41) is 7.19. The molecule has 2 rings (SSSR count). The Kier molecular flexibility index (Phi) is 4.50. The molecule has 6 heteroatoms. The fourth-order valence-corrected chi connectivity index (χ4v) is 1.64. The number of nitrogens with two attached hydrogens (primary N) is 1. The molecule has 1 saturated heterocycles. The quantitative estimate of drug-likeness (QED) is 0.805. The van der Waals surface area contributed by atoms with Crippen LogP contribution in [-0.4, -0.2) is 16.7 Å². The number of hydrogen-bond donors (Lipinski definition) is 2. The van der Waals surface area contributed by atoms with Crippen LogP contribution in [-0.2, 0) is 0 Å². The van der Waals surface area contributed by atoms with E-state index in [0.29, 0.717) is 11.7 Å². The van der Waals surface area contributed by atoms with Crippen molar-refractivity contribution in [1.29, 1.82) is 0 Å². The Morgan fingerprint density at radius 1 is 1.53 bits per heavy atom. The summed E-state index contributed by atoms with van der Waals surface area (Å²) < 4.78 is 5.16. The maximum Gasteiger partial charge on any atom is 0.243 e. The number of hydrogen-bond acceptors (Lipinski definition) is 5. The summed E-state index contributed by atoms with van der Waals surface area (Å²) in [5.41, 5.74) is 5.65. The number of nitrogens with one attached hydrogen (secondary N) is 1. The number of rotatable bonds is 2. The summed E-state index contributed by atoms with van der Waals surface area (Å²) in [6, 6.07) is 0.0693. The molecule has 0 aromatic carbocycles. The summed E-state index contributed by atoms with van der Waals surface area (Å²) in [6.07, 6.45) is 3.51. The number of nitrogens with zero attached hydrogens (tertiary/aromatic N) is 2. The van der Waals surface area contributed by atoms with Gasteiger partial charge in [0, 0.05) is 0 Å². The van der Waals surface area contributed by atoms with Crippen LogP contribution in [0.3, 0.4) is 0 Å². The van der Waals surface area contributed by atoms with E-state index in [1.807, 2.05) is 6.92 Å². The summed E-state index contributed by atoms with van der Waals surface area (Å²) >= 11 is 0. The first-order valence-corrected chi connectivity index (χ1v) is 5.10. The van der Waals surface area contributed by atoms with Crippen LogP contribution in [0, 0.1) is 0 Å². The Balaban J connectivity index is 0.00000112. The first kappa shape index (κ1) is 12.4. The minimum atomic E-state index is -0.156. The van der Waals surface area contributed by atoms with Crippen molar-refractivity contribution >= 4 is 12.4 Å². The van der Waals surface area contributed by atoms with Gasteiger partial charge in [0.1, 0.15) is 0 Å². The number of aromatic nitrogens is 2. The van der Waals surface area contributed by atoms with Crippen molar-refractivity contribution in [3.05, 3.63) is 11.7 Å². The third-order valence-electron chi connectivity index (χ3n) is 2.47. The second-order valence-electron chi connectivity index (χ2n) is 3.78. The normalized spacial score (nSPS) is 23.2. The van der Waals surface area contributed by atoms with E-state index >= 15 is 0 Å². The van der Waals surface area contributed by atoms with Crippen LogP contribution >= 0.6 is 12.4 Å². The highest BCUT2D eigenvalue weighted by molar-refractivity contribution is 5.85. The first-order chi connectivity index (χ1) is 6.77. The van der Waals surface area contributed by atoms with Gasteiger partial charge in [0.05, 0.1) is 12.1 Å². The summed E-state index contributed by atoms with van der Waals surface area (Å²) in [5.74, 6) is 1.27. The number of piperidine rings is 1. The van der Waals surface area contributed by atoms with Gasteiger partial charge >= 0.3 is 0 Å². The smallest absolute Gasteiger partial charge is 0.243 e. The second-order valence-corrected chi connectivity index (χ2v) is 3.78. The Labute approximate surface area is 95.2 Å². The van der Waals surface area contributed by atoms with Gasteiger partial charge in [-0.25, -0.2) is 0 Å². The summed E-state index contributed by atoms with van der Waals surface area (Å²) in [7, 11) is 0. The molecule has 0 amide bonds. The van der Waals surface area contributed by atoms with Gasteiger partial charge in [0.25, 0.3) is 0 Å². The molecule has 1 aromatic heterocycles. The van der Waals surface area contributed by atoms with Crippen molar-refractivity contribution in [2.45, 2.75) is 38.3 Å². The van der Waals surface area contributed by atoms with Crippen molar-refractivity contribution in [2.24, 2.45) is 5.73 Å². The average molecular weight is 233 g/mol. The van der Waals surface area contributed by atoms with Gasteiger partial charge in [-0.3, -0.25) is 0 Å². The lowest BCUT2D eigenvalue weighted by molar-refractivity contribution is 0.295. The fraction of sp³-hybridized carbons (Fsp3) is 0.778. The van der Waals surface area contributed by atoms with Crippen LogP contribution in [0.4, 0.5) is 0 Å². The van der Waals surface area contributed by atoms with Crippen LogP contribution in [0.5, 0.6) is 0 Å². The third kappa shape index (κ3) is 2.90. The van der Waals surface area contributed by atoms with E-state index in [1.54, 1.807) is 0 Å². The second kappa shape index (κ2) is 5.44.